The first-order chi connectivity index (χ1) is 19.2. The first kappa shape index (κ1) is 33.9. The Kier molecular flexibility index (Phi) is 13.0. The van der Waals surface area contributed by atoms with E-state index in [0.29, 0.717) is 25.1 Å². The molecule has 4 rings (SSSR count). The largest absolute Gasteiger partial charge is 1.00 e. The fraction of sp³-hybridized carbons (Fsp3) is 0.629. The van der Waals surface area contributed by atoms with E-state index in [0.717, 1.165) is 48.4 Å². The maximum absolute atomic E-state index is 12.6. The summed E-state index contributed by atoms with van der Waals surface area (Å²) in [6.45, 7) is 10.3. The number of likely N-dealkylation sites (N-methyl/N-ethyl adjacent to an activating group) is 1. The zero-order chi connectivity index (χ0) is 28.6. The van der Waals surface area contributed by atoms with Gasteiger partial charge in [0.15, 0.2) is 0 Å². The maximum Gasteiger partial charge on any atom is 0.310 e. The standard InChI is InChI=1S/C35H52ClN2O2.ClH/c1-5-6-7-8-9-10-11-12-16-19-34(39)40-27-38(4)23-22-37(26-35(38,2)3)33-25-31(28-17-14-13-15-18-28)30-21-20-29(36)24-32(30)33;/h13-15,17-18,20-21,24,31,33H,5-12,16,19,22-23,25-27H2,1-4H3;1H/q+1;/p-1/t31-,33+,38-;/m0./s1. The Balaban J connectivity index is 0.00000462. The Morgan fingerprint density at radius 2 is 1.63 bits per heavy atom. The number of halogens is 2. The van der Waals surface area contributed by atoms with Gasteiger partial charge in [0.25, 0.3) is 0 Å². The Morgan fingerprint density at radius 1 is 0.976 bits per heavy atom. The highest BCUT2D eigenvalue weighted by atomic mass is 35.5. The van der Waals surface area contributed by atoms with E-state index in [1.165, 1.54) is 61.6 Å². The molecule has 1 aliphatic heterocycles. The van der Waals surface area contributed by atoms with Crippen LogP contribution in [0.1, 0.15) is 120 Å². The number of piperazine rings is 1. The summed E-state index contributed by atoms with van der Waals surface area (Å²) in [6, 6.07) is 17.7. The molecule has 0 unspecified atom stereocenters. The number of rotatable bonds is 14. The summed E-state index contributed by atoms with van der Waals surface area (Å²) in [6.07, 6.45) is 12.9. The summed E-state index contributed by atoms with van der Waals surface area (Å²) in [5, 5.41) is 0.813. The molecule has 228 valence electrons. The highest BCUT2D eigenvalue weighted by Gasteiger charge is 2.49. The fourth-order valence-electron chi connectivity index (χ4n) is 6.75. The van der Waals surface area contributed by atoms with E-state index < -0.39 is 0 Å². The highest BCUT2D eigenvalue weighted by Crippen LogP contribution is 2.48. The smallest absolute Gasteiger partial charge is 0.310 e. The van der Waals surface area contributed by atoms with Gasteiger partial charge in [-0.3, -0.25) is 14.2 Å². The Morgan fingerprint density at radius 3 is 2.29 bits per heavy atom. The lowest BCUT2D eigenvalue weighted by Gasteiger charge is -2.53. The molecule has 0 N–H and O–H groups in total. The molecule has 1 saturated heterocycles. The molecule has 2 aromatic carbocycles. The molecule has 0 bridgehead atoms. The van der Waals surface area contributed by atoms with Crippen molar-refractivity contribution in [2.75, 3.05) is 33.4 Å². The number of carbonyl (C=O) groups is 1. The van der Waals surface area contributed by atoms with Gasteiger partial charge in [-0.15, -0.1) is 0 Å². The number of nitrogens with zero attached hydrogens (tertiary/aromatic N) is 2. The highest BCUT2D eigenvalue weighted by molar-refractivity contribution is 6.30. The van der Waals surface area contributed by atoms with Crippen LogP contribution in [0.2, 0.25) is 5.02 Å². The molecular formula is C35H52Cl2N2O2. The van der Waals surface area contributed by atoms with Crippen molar-refractivity contribution in [1.29, 1.82) is 0 Å². The van der Waals surface area contributed by atoms with Gasteiger partial charge in [0, 0.05) is 29.9 Å². The summed E-state index contributed by atoms with van der Waals surface area (Å²) < 4.78 is 6.65. The van der Waals surface area contributed by atoms with Crippen LogP contribution in [0.4, 0.5) is 0 Å². The molecule has 41 heavy (non-hydrogen) atoms. The van der Waals surface area contributed by atoms with Gasteiger partial charge in [-0.1, -0.05) is 106 Å². The van der Waals surface area contributed by atoms with E-state index in [1.54, 1.807) is 0 Å². The van der Waals surface area contributed by atoms with Crippen molar-refractivity contribution in [3.8, 4) is 0 Å². The normalized spacial score (nSPS) is 23.5. The summed E-state index contributed by atoms with van der Waals surface area (Å²) in [5.74, 6) is 0.358. The lowest BCUT2D eigenvalue weighted by Crippen LogP contribution is -3.00. The summed E-state index contributed by atoms with van der Waals surface area (Å²) >= 11 is 6.51. The summed E-state index contributed by atoms with van der Waals surface area (Å²) in [7, 11) is 2.26. The molecule has 0 radical (unpaired) electrons. The number of unbranched alkanes of at least 4 members (excludes halogenated alkanes) is 8. The Bertz CT molecular complexity index is 1090. The molecule has 0 spiro atoms. The number of fused-ring (bicyclic) bond motifs is 1. The lowest BCUT2D eigenvalue weighted by molar-refractivity contribution is -0.974. The molecule has 6 heteroatoms. The topological polar surface area (TPSA) is 29.5 Å². The fourth-order valence-corrected chi connectivity index (χ4v) is 6.93. The predicted molar refractivity (Wildman–Crippen MR) is 167 cm³/mol. The second kappa shape index (κ2) is 15.8. The molecule has 1 aliphatic carbocycles. The second-order valence-electron chi connectivity index (χ2n) is 13.1. The Hall–Kier alpha value is -1.59. The van der Waals surface area contributed by atoms with Crippen molar-refractivity contribution in [3.63, 3.8) is 0 Å². The quantitative estimate of drug-likeness (QED) is 0.153. The van der Waals surface area contributed by atoms with Crippen molar-refractivity contribution >= 4 is 17.6 Å². The number of hydrogen-bond acceptors (Lipinski definition) is 3. The minimum Gasteiger partial charge on any atom is -1.00 e. The first-order valence-corrected chi connectivity index (χ1v) is 16.2. The summed E-state index contributed by atoms with van der Waals surface area (Å²) in [5.41, 5.74) is 4.12. The van der Waals surface area contributed by atoms with Crippen molar-refractivity contribution in [2.24, 2.45) is 0 Å². The number of esters is 1. The molecule has 1 fully saturated rings. The van der Waals surface area contributed by atoms with E-state index in [9.17, 15) is 4.79 Å². The van der Waals surface area contributed by atoms with E-state index in [2.05, 4.69) is 75.2 Å². The second-order valence-corrected chi connectivity index (χ2v) is 13.6. The van der Waals surface area contributed by atoms with Crippen molar-refractivity contribution in [2.45, 2.75) is 109 Å². The molecule has 3 atom stereocenters. The van der Waals surface area contributed by atoms with Gasteiger partial charge in [0.05, 0.1) is 20.1 Å². The van der Waals surface area contributed by atoms with Gasteiger partial charge < -0.3 is 17.1 Å². The molecule has 2 aliphatic rings. The average molecular weight is 604 g/mol. The van der Waals surface area contributed by atoms with Gasteiger partial charge in [-0.25, -0.2) is 0 Å². The van der Waals surface area contributed by atoms with Crippen LogP contribution in [-0.4, -0.2) is 54.3 Å². The van der Waals surface area contributed by atoms with Crippen LogP contribution >= 0.6 is 11.6 Å². The van der Waals surface area contributed by atoms with Crippen LogP contribution in [0.3, 0.4) is 0 Å². The van der Waals surface area contributed by atoms with Crippen LogP contribution < -0.4 is 12.4 Å². The average Bonchev–Trinajstić information content (AvgIpc) is 3.31. The number of ether oxygens (including phenoxy) is 1. The van der Waals surface area contributed by atoms with Gasteiger partial charge in [0.2, 0.25) is 6.73 Å². The number of quaternary nitrogens is 1. The van der Waals surface area contributed by atoms with Crippen LogP contribution in [0.15, 0.2) is 48.5 Å². The zero-order valence-electron chi connectivity index (χ0n) is 25.8. The van der Waals surface area contributed by atoms with Crippen LogP contribution in [0.25, 0.3) is 0 Å². The third-order valence-corrected chi connectivity index (χ3v) is 10.0. The first-order valence-electron chi connectivity index (χ1n) is 15.8. The van der Waals surface area contributed by atoms with Crippen LogP contribution in [0.5, 0.6) is 0 Å². The number of benzene rings is 2. The van der Waals surface area contributed by atoms with Crippen LogP contribution in [0, 0.1) is 0 Å². The van der Waals surface area contributed by atoms with Gasteiger partial charge in [-0.2, -0.15) is 0 Å². The molecule has 0 saturated carbocycles. The third kappa shape index (κ3) is 8.72. The molecular weight excluding hydrogens is 551 g/mol. The monoisotopic (exact) mass is 602 g/mol. The zero-order valence-corrected chi connectivity index (χ0v) is 27.4. The minimum atomic E-state index is -0.0418. The van der Waals surface area contributed by atoms with E-state index >= 15 is 0 Å². The van der Waals surface area contributed by atoms with Gasteiger partial charge in [0.1, 0.15) is 5.54 Å². The van der Waals surface area contributed by atoms with Gasteiger partial charge >= 0.3 is 5.97 Å². The SMILES string of the molecule is CCCCCCCCCCCC(=O)OC[N@+]1(C)CCN([C@@H]2C[C@@H](c3ccccc3)c3ccc(Cl)cc32)CC1(C)C.[Cl-]. The van der Waals surface area contributed by atoms with Crippen LogP contribution in [-0.2, 0) is 9.53 Å². The molecule has 0 aromatic heterocycles. The van der Waals surface area contributed by atoms with Crippen molar-refractivity contribution in [1.82, 2.24) is 4.90 Å². The van der Waals surface area contributed by atoms with E-state index in [1.807, 2.05) is 6.07 Å². The van der Waals surface area contributed by atoms with E-state index in [-0.39, 0.29) is 23.9 Å². The third-order valence-electron chi connectivity index (χ3n) is 9.81. The van der Waals surface area contributed by atoms with Crippen molar-refractivity contribution in [3.05, 3.63) is 70.2 Å². The van der Waals surface area contributed by atoms with Gasteiger partial charge in [-0.05, 0) is 55.5 Å². The summed E-state index contributed by atoms with van der Waals surface area (Å²) in [4.78, 5) is 15.3. The van der Waals surface area contributed by atoms with Crippen molar-refractivity contribution < 1.29 is 26.4 Å². The molecule has 0 amide bonds. The minimum absolute atomic E-state index is 0. The van der Waals surface area contributed by atoms with E-state index in [4.69, 9.17) is 16.3 Å². The maximum atomic E-state index is 12.6. The number of hydrogen-bond donors (Lipinski definition) is 0. The molecule has 2 aromatic rings. The Labute approximate surface area is 260 Å². The molecule has 4 nitrogen and oxygen atoms in total. The molecule has 1 heterocycles. The predicted octanol–water partition coefficient (Wildman–Crippen LogP) is 5.88. The number of carbonyl (C=O) groups excluding carboxylic acids is 1. The lowest BCUT2D eigenvalue weighted by atomic mass is 9.92.